The number of imidazole rings is 1. The van der Waals surface area contributed by atoms with Crippen LogP contribution in [0.4, 0.5) is 0 Å². The largest absolute Gasteiger partial charge is 0.491 e. The van der Waals surface area contributed by atoms with Crippen LogP contribution < -0.4 is 4.74 Å². The zero-order valence-electron chi connectivity index (χ0n) is 16.8. The van der Waals surface area contributed by atoms with E-state index in [-0.39, 0.29) is 6.61 Å². The van der Waals surface area contributed by atoms with Gasteiger partial charge < -0.3 is 14.4 Å². The summed E-state index contributed by atoms with van der Waals surface area (Å²) in [6.45, 7) is 5.15. The standard InChI is InChI=1S/C21H22N6O2S/c1-3-25-17-6-4-5-7-18(17)26-19-22-23-21(27(19)24-20(25)26)30-13-15(28)12-29-16-10-8-14(2)9-11-16/h4-11,15,28H,3,12-13H2,1-2H3. The number of nitrogens with zero attached hydrogens (tertiary/aromatic N) is 6. The van der Waals surface area contributed by atoms with Crippen LogP contribution in [-0.4, -0.2) is 52.3 Å². The minimum Gasteiger partial charge on any atom is -0.491 e. The lowest BCUT2D eigenvalue weighted by molar-refractivity contribution is 0.126. The maximum Gasteiger partial charge on any atom is 0.260 e. The van der Waals surface area contributed by atoms with Crippen LogP contribution >= 0.6 is 11.8 Å². The fourth-order valence-electron chi connectivity index (χ4n) is 3.54. The van der Waals surface area contributed by atoms with Crippen LogP contribution in [0.15, 0.2) is 53.7 Å². The average molecular weight is 423 g/mol. The van der Waals surface area contributed by atoms with Gasteiger partial charge in [-0.1, -0.05) is 41.6 Å². The summed E-state index contributed by atoms with van der Waals surface area (Å²) in [5.41, 5.74) is 3.34. The fraction of sp³-hybridized carbons (Fsp3) is 0.286. The van der Waals surface area contributed by atoms with Crippen molar-refractivity contribution >= 4 is 34.4 Å². The predicted molar refractivity (Wildman–Crippen MR) is 116 cm³/mol. The zero-order chi connectivity index (χ0) is 20.7. The third kappa shape index (κ3) is 3.20. The van der Waals surface area contributed by atoms with Crippen molar-refractivity contribution in [3.8, 4) is 5.75 Å². The molecule has 154 valence electrons. The summed E-state index contributed by atoms with van der Waals surface area (Å²) >= 11 is 1.41. The van der Waals surface area contributed by atoms with E-state index in [1.807, 2.05) is 47.7 Å². The monoisotopic (exact) mass is 422 g/mol. The Morgan fingerprint density at radius 1 is 1.03 bits per heavy atom. The van der Waals surface area contributed by atoms with Crippen molar-refractivity contribution in [1.29, 1.82) is 0 Å². The van der Waals surface area contributed by atoms with Crippen LogP contribution in [-0.2, 0) is 6.54 Å². The summed E-state index contributed by atoms with van der Waals surface area (Å²) in [5, 5.41) is 24.4. The molecule has 9 heteroatoms. The van der Waals surface area contributed by atoms with Gasteiger partial charge in [0.25, 0.3) is 5.78 Å². The number of thioether (sulfide) groups is 1. The van der Waals surface area contributed by atoms with Gasteiger partial charge in [0.05, 0.1) is 17.1 Å². The third-order valence-corrected chi connectivity index (χ3v) is 6.09. The Labute approximate surface area is 177 Å². The molecular weight excluding hydrogens is 400 g/mol. The van der Waals surface area contributed by atoms with Gasteiger partial charge in [-0.15, -0.1) is 15.3 Å². The number of rotatable bonds is 7. The molecule has 0 amide bonds. The van der Waals surface area contributed by atoms with E-state index in [1.54, 1.807) is 4.52 Å². The zero-order valence-corrected chi connectivity index (χ0v) is 17.6. The minimum atomic E-state index is -0.633. The molecule has 8 nitrogen and oxygen atoms in total. The summed E-state index contributed by atoms with van der Waals surface area (Å²) in [4.78, 5) is 0. The molecule has 0 bridgehead atoms. The maximum absolute atomic E-state index is 10.3. The number of para-hydroxylation sites is 2. The minimum absolute atomic E-state index is 0.217. The first-order chi connectivity index (χ1) is 14.7. The SMILES string of the molecule is CCn1c2ccccc2n2c1nn1c(SCC(O)COc3ccc(C)cc3)nnc12. The number of aromatic nitrogens is 6. The molecule has 0 spiro atoms. The molecule has 5 aromatic rings. The van der Waals surface area contributed by atoms with Crippen molar-refractivity contribution in [3.05, 3.63) is 54.1 Å². The van der Waals surface area contributed by atoms with Crippen LogP contribution in [0.2, 0.25) is 0 Å². The second-order valence-electron chi connectivity index (χ2n) is 7.15. The topological polar surface area (TPSA) is 81.9 Å². The Hall–Kier alpha value is -3.04. The number of hydrogen-bond acceptors (Lipinski definition) is 6. The molecular formula is C21H22N6O2S. The lowest BCUT2D eigenvalue weighted by atomic mass is 10.2. The molecule has 0 saturated heterocycles. The van der Waals surface area contributed by atoms with Crippen molar-refractivity contribution < 1.29 is 9.84 Å². The Bertz CT molecular complexity index is 1320. The predicted octanol–water partition coefficient (Wildman–Crippen LogP) is 3.19. The molecule has 30 heavy (non-hydrogen) atoms. The van der Waals surface area contributed by atoms with E-state index in [4.69, 9.17) is 9.84 Å². The average Bonchev–Trinajstić information content (AvgIpc) is 3.40. The number of aliphatic hydroxyl groups excluding tert-OH is 1. The molecule has 1 N–H and O–H groups in total. The highest BCUT2D eigenvalue weighted by Gasteiger charge is 2.20. The molecule has 0 fully saturated rings. The number of benzene rings is 2. The van der Waals surface area contributed by atoms with Gasteiger partial charge in [0.15, 0.2) is 0 Å². The molecule has 3 heterocycles. The van der Waals surface area contributed by atoms with Gasteiger partial charge in [-0.3, -0.25) is 0 Å². The molecule has 5 rings (SSSR count). The summed E-state index contributed by atoms with van der Waals surface area (Å²) in [7, 11) is 0. The highest BCUT2D eigenvalue weighted by atomic mass is 32.2. The van der Waals surface area contributed by atoms with Crippen molar-refractivity contribution in [2.45, 2.75) is 31.7 Å². The molecule has 0 radical (unpaired) electrons. The lowest BCUT2D eigenvalue weighted by Crippen LogP contribution is -2.20. The highest BCUT2D eigenvalue weighted by Crippen LogP contribution is 2.25. The normalized spacial score (nSPS) is 12.9. The van der Waals surface area contributed by atoms with Gasteiger partial charge in [0.1, 0.15) is 12.4 Å². The smallest absolute Gasteiger partial charge is 0.260 e. The fourth-order valence-corrected chi connectivity index (χ4v) is 4.32. The van der Waals surface area contributed by atoms with Crippen LogP contribution in [0.1, 0.15) is 12.5 Å². The van der Waals surface area contributed by atoms with E-state index in [2.05, 4.69) is 33.8 Å². The quantitative estimate of drug-likeness (QED) is 0.406. The maximum atomic E-state index is 10.3. The van der Waals surface area contributed by atoms with Crippen molar-refractivity contribution in [3.63, 3.8) is 0 Å². The summed E-state index contributed by atoms with van der Waals surface area (Å²) in [6, 6.07) is 16.0. The van der Waals surface area contributed by atoms with Crippen molar-refractivity contribution in [1.82, 2.24) is 28.8 Å². The number of fused-ring (bicyclic) bond motifs is 5. The van der Waals surface area contributed by atoms with E-state index in [0.29, 0.717) is 16.7 Å². The number of hydrogen-bond donors (Lipinski definition) is 1. The second-order valence-corrected chi connectivity index (χ2v) is 8.14. The second kappa shape index (κ2) is 7.66. The molecule has 3 aromatic heterocycles. The molecule has 1 unspecified atom stereocenters. The lowest BCUT2D eigenvalue weighted by Gasteiger charge is -2.11. The molecule has 0 saturated carbocycles. The summed E-state index contributed by atoms with van der Waals surface area (Å²) in [6.07, 6.45) is -0.633. The Kier molecular flexibility index (Phi) is 4.84. The first-order valence-corrected chi connectivity index (χ1v) is 10.9. The van der Waals surface area contributed by atoms with Gasteiger partial charge in [-0.05, 0) is 38.1 Å². The van der Waals surface area contributed by atoms with Gasteiger partial charge in [0.2, 0.25) is 10.9 Å². The van der Waals surface area contributed by atoms with Crippen molar-refractivity contribution in [2.75, 3.05) is 12.4 Å². The van der Waals surface area contributed by atoms with E-state index in [9.17, 15) is 5.11 Å². The molecule has 1 atom stereocenters. The third-order valence-electron chi connectivity index (χ3n) is 5.02. The summed E-state index contributed by atoms with van der Waals surface area (Å²) in [5.74, 6) is 2.68. The van der Waals surface area contributed by atoms with E-state index < -0.39 is 6.10 Å². The number of aliphatic hydroxyl groups is 1. The van der Waals surface area contributed by atoms with Crippen LogP contribution in [0, 0.1) is 6.92 Å². The molecule has 2 aromatic carbocycles. The van der Waals surface area contributed by atoms with E-state index in [1.165, 1.54) is 17.3 Å². The molecule has 0 aliphatic rings. The Balaban J connectivity index is 1.35. The molecule has 0 aliphatic carbocycles. The highest BCUT2D eigenvalue weighted by molar-refractivity contribution is 7.99. The van der Waals surface area contributed by atoms with E-state index in [0.717, 1.165) is 29.1 Å². The van der Waals surface area contributed by atoms with Crippen LogP contribution in [0.25, 0.3) is 22.6 Å². The van der Waals surface area contributed by atoms with Gasteiger partial charge in [-0.25, -0.2) is 4.40 Å². The van der Waals surface area contributed by atoms with E-state index >= 15 is 0 Å². The van der Waals surface area contributed by atoms with Gasteiger partial charge in [-0.2, -0.15) is 4.52 Å². The first-order valence-electron chi connectivity index (χ1n) is 9.87. The summed E-state index contributed by atoms with van der Waals surface area (Å²) < 4.78 is 11.6. The van der Waals surface area contributed by atoms with Gasteiger partial charge >= 0.3 is 0 Å². The van der Waals surface area contributed by atoms with Gasteiger partial charge in [0, 0.05) is 12.3 Å². The first kappa shape index (κ1) is 19.0. The van der Waals surface area contributed by atoms with Crippen LogP contribution in [0.3, 0.4) is 0 Å². The number of ether oxygens (including phenoxy) is 1. The Morgan fingerprint density at radius 3 is 2.57 bits per heavy atom. The number of aryl methyl sites for hydroxylation is 2. The van der Waals surface area contributed by atoms with Crippen molar-refractivity contribution in [2.24, 2.45) is 0 Å². The van der Waals surface area contributed by atoms with Crippen LogP contribution in [0.5, 0.6) is 5.75 Å². The Morgan fingerprint density at radius 2 is 1.80 bits per heavy atom. The molecule has 0 aliphatic heterocycles.